The third-order valence-electron chi connectivity index (χ3n) is 6.28. The molecule has 0 bridgehead atoms. The van der Waals surface area contributed by atoms with Crippen LogP contribution >= 0.6 is 11.6 Å². The fourth-order valence-corrected chi connectivity index (χ4v) is 4.65. The van der Waals surface area contributed by atoms with E-state index in [0.717, 1.165) is 19.3 Å². The highest BCUT2D eigenvalue weighted by molar-refractivity contribution is 6.30. The molecule has 4 rings (SSSR count). The van der Waals surface area contributed by atoms with Gasteiger partial charge in [0.15, 0.2) is 0 Å². The molecule has 0 aliphatic carbocycles. The van der Waals surface area contributed by atoms with Crippen LogP contribution in [0.1, 0.15) is 61.8 Å². The average molecular weight is 506 g/mol. The Labute approximate surface area is 215 Å². The van der Waals surface area contributed by atoms with Gasteiger partial charge < -0.3 is 4.90 Å². The van der Waals surface area contributed by atoms with Crippen molar-refractivity contribution in [3.8, 4) is 5.69 Å². The molecule has 1 heterocycles. The quantitative estimate of drug-likeness (QED) is 0.231. The number of nitrogens with zero attached hydrogens (tertiary/aromatic N) is 3. The summed E-state index contributed by atoms with van der Waals surface area (Å²) in [4.78, 5) is 34.2. The molecule has 0 aliphatic heterocycles. The number of hydrogen-bond donors (Lipinski definition) is 0. The number of halogens is 2. The molecule has 1 aromatic heterocycles. The molecule has 0 radical (unpaired) electrons. The summed E-state index contributed by atoms with van der Waals surface area (Å²) >= 11 is 6.29. The first-order valence-electron chi connectivity index (χ1n) is 12.3. The van der Waals surface area contributed by atoms with Gasteiger partial charge in [0.25, 0.3) is 11.5 Å². The molecule has 36 heavy (non-hydrogen) atoms. The van der Waals surface area contributed by atoms with Crippen LogP contribution in [0.3, 0.4) is 0 Å². The molecule has 0 saturated carbocycles. The Hall–Kier alpha value is -3.51. The molecule has 7 heteroatoms. The topological polar surface area (TPSA) is 55.2 Å². The molecule has 0 aliphatic rings. The van der Waals surface area contributed by atoms with Crippen molar-refractivity contribution in [2.75, 3.05) is 6.54 Å². The summed E-state index contributed by atoms with van der Waals surface area (Å²) < 4.78 is 15.1. The van der Waals surface area contributed by atoms with Gasteiger partial charge >= 0.3 is 0 Å². The number of para-hydroxylation sites is 1. The summed E-state index contributed by atoms with van der Waals surface area (Å²) in [5.74, 6) is -0.157. The second kappa shape index (κ2) is 11.5. The van der Waals surface area contributed by atoms with Crippen molar-refractivity contribution in [1.29, 1.82) is 0 Å². The van der Waals surface area contributed by atoms with E-state index in [9.17, 15) is 14.0 Å². The van der Waals surface area contributed by atoms with Crippen molar-refractivity contribution in [3.05, 3.63) is 105 Å². The zero-order valence-electron chi connectivity index (χ0n) is 20.5. The van der Waals surface area contributed by atoms with Crippen LogP contribution in [0.15, 0.2) is 77.6 Å². The van der Waals surface area contributed by atoms with Gasteiger partial charge in [-0.1, -0.05) is 56.5 Å². The highest BCUT2D eigenvalue weighted by Crippen LogP contribution is 2.28. The summed E-state index contributed by atoms with van der Waals surface area (Å²) in [7, 11) is 0. The number of carbonyl (C=O) groups is 1. The number of carbonyl (C=O) groups excluding carboxylic acids is 1. The van der Waals surface area contributed by atoms with Gasteiger partial charge in [-0.2, -0.15) is 0 Å². The Kier molecular flexibility index (Phi) is 8.16. The molecule has 1 amide bonds. The second-order valence-electron chi connectivity index (χ2n) is 8.74. The monoisotopic (exact) mass is 505 g/mol. The molecule has 186 valence electrons. The van der Waals surface area contributed by atoms with E-state index in [1.54, 1.807) is 45.9 Å². The lowest BCUT2D eigenvalue weighted by Crippen LogP contribution is -2.39. The predicted octanol–water partition coefficient (Wildman–Crippen LogP) is 6.96. The van der Waals surface area contributed by atoms with E-state index in [-0.39, 0.29) is 11.5 Å². The van der Waals surface area contributed by atoms with E-state index >= 15 is 0 Å². The molecule has 3 aromatic carbocycles. The van der Waals surface area contributed by atoms with Crippen molar-refractivity contribution >= 4 is 28.4 Å². The third-order valence-corrected chi connectivity index (χ3v) is 6.52. The van der Waals surface area contributed by atoms with Crippen molar-refractivity contribution in [3.63, 3.8) is 0 Å². The maximum atomic E-state index is 13.8. The maximum Gasteiger partial charge on any atom is 0.266 e. The first-order chi connectivity index (χ1) is 17.4. The summed E-state index contributed by atoms with van der Waals surface area (Å²) in [6, 6.07) is 19.3. The lowest BCUT2D eigenvalue weighted by Gasteiger charge is -2.32. The Morgan fingerprint density at radius 1 is 1.03 bits per heavy atom. The lowest BCUT2D eigenvalue weighted by molar-refractivity contribution is 0.0655. The van der Waals surface area contributed by atoms with Crippen LogP contribution in [-0.2, 0) is 0 Å². The van der Waals surface area contributed by atoms with E-state index in [2.05, 4.69) is 6.92 Å². The van der Waals surface area contributed by atoms with Crippen molar-refractivity contribution in [2.45, 2.75) is 45.6 Å². The summed E-state index contributed by atoms with van der Waals surface area (Å²) in [5.41, 5.74) is 1.32. The van der Waals surface area contributed by atoms with Gasteiger partial charge in [-0.3, -0.25) is 14.2 Å². The highest BCUT2D eigenvalue weighted by atomic mass is 35.5. The normalized spacial score (nSPS) is 12.0. The summed E-state index contributed by atoms with van der Waals surface area (Å²) in [6.07, 6.45) is 3.28. The molecule has 5 nitrogen and oxygen atoms in total. The van der Waals surface area contributed by atoms with Gasteiger partial charge in [-0.15, -0.1) is 0 Å². The molecule has 0 spiro atoms. The standard InChI is InChI=1S/C29H29ClFN3O2/c1-3-5-8-18-33(28(35)20-14-16-22(31)17-15-20)26(4-2)27-32-25-13-7-6-12-24(25)29(36)34(27)23-11-9-10-21(30)19-23/h6-7,9-17,19,26H,3-5,8,18H2,1-2H3. The van der Waals surface area contributed by atoms with E-state index < -0.39 is 11.9 Å². The molecule has 4 aromatic rings. The molecule has 1 unspecified atom stereocenters. The lowest BCUT2D eigenvalue weighted by atomic mass is 10.1. The average Bonchev–Trinajstić information content (AvgIpc) is 2.88. The minimum Gasteiger partial charge on any atom is -0.328 e. The summed E-state index contributed by atoms with van der Waals surface area (Å²) in [6.45, 7) is 4.56. The fourth-order valence-electron chi connectivity index (χ4n) is 4.47. The third kappa shape index (κ3) is 5.34. The van der Waals surface area contributed by atoms with Gasteiger partial charge in [0.2, 0.25) is 0 Å². The van der Waals surface area contributed by atoms with Crippen LogP contribution in [0.2, 0.25) is 5.02 Å². The van der Waals surface area contributed by atoms with Crippen LogP contribution in [0, 0.1) is 5.82 Å². The van der Waals surface area contributed by atoms with Gasteiger partial charge in [-0.05, 0) is 67.4 Å². The number of aromatic nitrogens is 2. The van der Waals surface area contributed by atoms with Crippen molar-refractivity contribution in [1.82, 2.24) is 14.5 Å². The number of rotatable bonds is 9. The van der Waals surface area contributed by atoms with Crippen LogP contribution in [0.5, 0.6) is 0 Å². The number of amides is 1. The Morgan fingerprint density at radius 2 is 1.78 bits per heavy atom. The molecule has 0 N–H and O–H groups in total. The highest BCUT2D eigenvalue weighted by Gasteiger charge is 2.29. The first kappa shape index (κ1) is 25.6. The number of unbranched alkanes of at least 4 members (excludes halogenated alkanes) is 2. The summed E-state index contributed by atoms with van der Waals surface area (Å²) in [5, 5.41) is 0.979. The van der Waals surface area contributed by atoms with Crippen LogP contribution in [0.4, 0.5) is 4.39 Å². The SMILES string of the molecule is CCCCCN(C(=O)c1ccc(F)cc1)C(CC)c1nc2ccccc2c(=O)n1-c1cccc(Cl)c1. The van der Waals surface area contributed by atoms with Crippen LogP contribution < -0.4 is 5.56 Å². The van der Waals surface area contributed by atoms with Crippen molar-refractivity contribution in [2.24, 2.45) is 0 Å². The largest absolute Gasteiger partial charge is 0.328 e. The van der Waals surface area contributed by atoms with Crippen LogP contribution in [-0.4, -0.2) is 26.9 Å². The smallest absolute Gasteiger partial charge is 0.266 e. The molecule has 0 saturated heterocycles. The number of benzene rings is 3. The minimum atomic E-state index is -0.490. The van der Waals surface area contributed by atoms with Gasteiger partial charge in [0, 0.05) is 17.1 Å². The minimum absolute atomic E-state index is 0.223. The maximum absolute atomic E-state index is 13.8. The number of hydrogen-bond acceptors (Lipinski definition) is 3. The zero-order chi connectivity index (χ0) is 25.7. The number of fused-ring (bicyclic) bond motifs is 1. The Bertz CT molecular complexity index is 1420. The zero-order valence-corrected chi connectivity index (χ0v) is 21.2. The van der Waals surface area contributed by atoms with E-state index in [4.69, 9.17) is 16.6 Å². The molecular formula is C29H29ClFN3O2. The Morgan fingerprint density at radius 3 is 2.47 bits per heavy atom. The van der Waals surface area contributed by atoms with E-state index in [1.165, 1.54) is 24.3 Å². The van der Waals surface area contributed by atoms with E-state index in [1.807, 2.05) is 19.1 Å². The van der Waals surface area contributed by atoms with Crippen LogP contribution in [0.25, 0.3) is 16.6 Å². The fraction of sp³-hybridized carbons (Fsp3) is 0.276. The Balaban J connectivity index is 1.92. The molecular weight excluding hydrogens is 477 g/mol. The molecule has 0 fully saturated rings. The molecule has 1 atom stereocenters. The van der Waals surface area contributed by atoms with Gasteiger partial charge in [0.05, 0.1) is 22.6 Å². The predicted molar refractivity (Wildman–Crippen MR) is 142 cm³/mol. The van der Waals surface area contributed by atoms with Crippen molar-refractivity contribution < 1.29 is 9.18 Å². The second-order valence-corrected chi connectivity index (χ2v) is 9.18. The van der Waals surface area contributed by atoms with E-state index in [0.29, 0.717) is 46.0 Å². The van der Waals surface area contributed by atoms with Gasteiger partial charge in [-0.25, -0.2) is 9.37 Å². The first-order valence-corrected chi connectivity index (χ1v) is 12.7. The van der Waals surface area contributed by atoms with Gasteiger partial charge in [0.1, 0.15) is 11.6 Å².